The summed E-state index contributed by atoms with van der Waals surface area (Å²) in [4.78, 5) is 40.2. The minimum Gasteiger partial charge on any atom is -0.465 e. The second-order valence-corrected chi connectivity index (χ2v) is 18.6. The summed E-state index contributed by atoms with van der Waals surface area (Å²) in [5, 5.41) is 0. The van der Waals surface area contributed by atoms with Gasteiger partial charge in [0.15, 0.2) is 0 Å². The zero-order valence-electron chi connectivity index (χ0n) is 32.9. The molecular weight excluding hydrogens is 582 g/mol. The van der Waals surface area contributed by atoms with Crippen molar-refractivity contribution in [3.8, 4) is 0 Å². The van der Waals surface area contributed by atoms with Gasteiger partial charge in [-0.3, -0.25) is 14.4 Å². The summed E-state index contributed by atoms with van der Waals surface area (Å²) in [6.45, 7) is 33.5. The van der Waals surface area contributed by atoms with Crippen molar-refractivity contribution >= 4 is 17.9 Å². The highest BCUT2D eigenvalue weighted by atomic mass is 16.5. The lowest BCUT2D eigenvalue weighted by atomic mass is 9.70. The van der Waals surface area contributed by atoms with E-state index in [1.807, 2.05) is 34.7 Å². The quantitative estimate of drug-likeness (QED) is 0.0959. The van der Waals surface area contributed by atoms with E-state index in [0.717, 1.165) is 19.5 Å². The van der Waals surface area contributed by atoms with Crippen molar-refractivity contribution in [1.82, 2.24) is 4.90 Å². The normalized spacial score (nSPS) is 16.0. The molecule has 0 aliphatic heterocycles. The van der Waals surface area contributed by atoms with Crippen molar-refractivity contribution in [1.29, 1.82) is 0 Å². The highest BCUT2D eigenvalue weighted by Gasteiger charge is 2.37. The van der Waals surface area contributed by atoms with E-state index in [9.17, 15) is 14.4 Å². The van der Waals surface area contributed by atoms with Crippen LogP contribution in [0, 0.1) is 27.1 Å². The van der Waals surface area contributed by atoms with E-state index in [1.54, 1.807) is 0 Å². The molecule has 0 heterocycles. The summed E-state index contributed by atoms with van der Waals surface area (Å²) in [5.41, 5.74) is 5.30. The first-order valence-electron chi connectivity index (χ1n) is 17.2. The molecule has 9 heteroatoms. The van der Waals surface area contributed by atoms with Gasteiger partial charge in [-0.25, -0.2) is 0 Å². The molecule has 2 unspecified atom stereocenters. The van der Waals surface area contributed by atoms with Crippen LogP contribution in [-0.4, -0.2) is 99.5 Å². The minimum absolute atomic E-state index is 0.00338. The molecule has 0 spiro atoms. The highest BCUT2D eigenvalue weighted by molar-refractivity contribution is 5.70. The molecule has 0 rings (SSSR count). The molecule has 2 N–H and O–H groups in total. The molecule has 46 heavy (non-hydrogen) atoms. The van der Waals surface area contributed by atoms with Crippen LogP contribution in [0.1, 0.15) is 123 Å². The fraction of sp³-hybridized carbons (Fsp3) is 0.919. The molecule has 0 radical (unpaired) electrons. The first-order chi connectivity index (χ1) is 20.4. The van der Waals surface area contributed by atoms with Crippen molar-refractivity contribution in [3.05, 3.63) is 0 Å². The molecule has 0 saturated heterocycles. The maximum atomic E-state index is 12.8. The predicted molar refractivity (Wildman–Crippen MR) is 188 cm³/mol. The van der Waals surface area contributed by atoms with Crippen LogP contribution < -0.4 is 5.73 Å². The van der Waals surface area contributed by atoms with Gasteiger partial charge in [-0.2, -0.15) is 0 Å². The zero-order valence-corrected chi connectivity index (χ0v) is 32.9. The summed E-state index contributed by atoms with van der Waals surface area (Å²) in [7, 11) is 4.08. The van der Waals surface area contributed by atoms with Gasteiger partial charge in [0.2, 0.25) is 0 Å². The zero-order chi connectivity index (χ0) is 36.4. The standard InChI is InChI=1S/C37H74N3O6/c1-32(2,3)35(10,11)26-44-29(41)18-22-39(15)21-17-23-40(16,24-19-30(42)45-27-36(12,13)33(4,5)6)25-20-31(43)46-28-37(14,38)34(7,8)9/h17-28,38H2,1-16H3/q+1. The Bertz CT molecular complexity index is 921. The van der Waals surface area contributed by atoms with Crippen LogP contribution in [-0.2, 0) is 28.6 Å². The molecule has 0 bridgehead atoms. The predicted octanol–water partition coefficient (Wildman–Crippen LogP) is 6.46. The molecule has 0 aliphatic rings. The van der Waals surface area contributed by atoms with Crippen LogP contribution >= 0.6 is 0 Å². The van der Waals surface area contributed by atoms with Gasteiger partial charge in [-0.1, -0.05) is 90.0 Å². The molecule has 0 amide bonds. The first kappa shape index (κ1) is 44.3. The molecule has 272 valence electrons. The van der Waals surface area contributed by atoms with E-state index < -0.39 is 5.54 Å². The summed E-state index contributed by atoms with van der Waals surface area (Å²) in [6, 6.07) is 0. The first-order valence-corrected chi connectivity index (χ1v) is 17.2. The van der Waals surface area contributed by atoms with Crippen molar-refractivity contribution in [2.24, 2.45) is 32.8 Å². The lowest BCUT2D eigenvalue weighted by Gasteiger charge is -2.38. The number of carbonyl (C=O) groups excluding carboxylic acids is 3. The Balaban J connectivity index is 5.17. The number of carbonyl (C=O) groups is 3. The molecule has 0 aromatic heterocycles. The Hall–Kier alpha value is -1.71. The maximum Gasteiger partial charge on any atom is 0.311 e. The Morgan fingerprint density at radius 1 is 0.565 bits per heavy atom. The van der Waals surface area contributed by atoms with Crippen LogP contribution in [0.3, 0.4) is 0 Å². The van der Waals surface area contributed by atoms with Gasteiger partial charge in [-0.15, -0.1) is 0 Å². The average molecular weight is 657 g/mol. The van der Waals surface area contributed by atoms with Crippen molar-refractivity contribution in [2.75, 3.05) is 66.6 Å². The van der Waals surface area contributed by atoms with Gasteiger partial charge in [0.1, 0.15) is 6.61 Å². The van der Waals surface area contributed by atoms with E-state index in [1.165, 1.54) is 0 Å². The lowest BCUT2D eigenvalue weighted by molar-refractivity contribution is -0.908. The fourth-order valence-corrected chi connectivity index (χ4v) is 3.79. The average Bonchev–Trinajstić information content (AvgIpc) is 2.88. The van der Waals surface area contributed by atoms with Gasteiger partial charge in [0.25, 0.3) is 0 Å². The van der Waals surface area contributed by atoms with Crippen LogP contribution in [0.15, 0.2) is 0 Å². The Morgan fingerprint density at radius 3 is 1.30 bits per heavy atom. The number of rotatable bonds is 19. The van der Waals surface area contributed by atoms with Crippen molar-refractivity contribution in [2.45, 2.75) is 128 Å². The lowest BCUT2D eigenvalue weighted by Crippen LogP contribution is -2.53. The summed E-state index contributed by atoms with van der Waals surface area (Å²) >= 11 is 0. The SMILES string of the molecule is CN(CCC[N+](C)(CCC(=O)OCC(C)(C)C(C)(C)C)CCC(=O)OCC(C)(N)C(C)(C)C)CCC(=O)OCC(C)(C)C(C)(C)C. The third-order valence-corrected chi connectivity index (χ3v) is 11.1. The van der Waals surface area contributed by atoms with Gasteiger partial charge in [0.05, 0.1) is 64.7 Å². The number of esters is 3. The fourth-order valence-electron chi connectivity index (χ4n) is 3.79. The highest BCUT2D eigenvalue weighted by Crippen LogP contribution is 2.38. The largest absolute Gasteiger partial charge is 0.465 e. The number of ether oxygens (including phenoxy) is 3. The molecule has 0 saturated carbocycles. The number of nitrogens with two attached hydrogens (primary N) is 1. The second kappa shape index (κ2) is 17.1. The molecular formula is C37H74N3O6+. The van der Waals surface area contributed by atoms with Crippen LogP contribution in [0.5, 0.6) is 0 Å². The summed E-state index contributed by atoms with van der Waals surface area (Å²) < 4.78 is 17.5. The molecule has 9 nitrogen and oxygen atoms in total. The molecule has 0 aromatic rings. The van der Waals surface area contributed by atoms with Crippen LogP contribution in [0.4, 0.5) is 0 Å². The topological polar surface area (TPSA) is 108 Å². The molecule has 2 atom stereocenters. The van der Waals surface area contributed by atoms with Gasteiger partial charge < -0.3 is 29.3 Å². The van der Waals surface area contributed by atoms with E-state index in [-0.39, 0.29) is 64.4 Å². The smallest absolute Gasteiger partial charge is 0.311 e. The van der Waals surface area contributed by atoms with Gasteiger partial charge >= 0.3 is 17.9 Å². The Labute approximate surface area is 283 Å². The van der Waals surface area contributed by atoms with Crippen molar-refractivity contribution in [3.63, 3.8) is 0 Å². The number of hydrogen-bond acceptors (Lipinski definition) is 8. The third kappa shape index (κ3) is 15.9. The Kier molecular flexibility index (Phi) is 16.5. The number of quaternary nitrogens is 1. The van der Waals surface area contributed by atoms with E-state index in [0.29, 0.717) is 43.8 Å². The van der Waals surface area contributed by atoms with Gasteiger partial charge in [0, 0.05) is 30.3 Å². The molecule has 0 aromatic carbocycles. The minimum atomic E-state index is -0.648. The van der Waals surface area contributed by atoms with Crippen molar-refractivity contribution < 1.29 is 33.1 Å². The van der Waals surface area contributed by atoms with E-state index >= 15 is 0 Å². The molecule has 0 aliphatic carbocycles. The number of nitrogens with zero attached hydrogens (tertiary/aromatic N) is 2. The number of hydrogen-bond donors (Lipinski definition) is 1. The second-order valence-electron chi connectivity index (χ2n) is 18.6. The third-order valence-electron chi connectivity index (χ3n) is 11.1. The molecule has 0 fully saturated rings. The van der Waals surface area contributed by atoms with E-state index in [2.05, 4.69) is 81.2 Å². The monoisotopic (exact) mass is 657 g/mol. The van der Waals surface area contributed by atoms with Crippen LogP contribution in [0.25, 0.3) is 0 Å². The summed E-state index contributed by atoms with van der Waals surface area (Å²) in [5.74, 6) is -0.694. The van der Waals surface area contributed by atoms with E-state index in [4.69, 9.17) is 19.9 Å². The van der Waals surface area contributed by atoms with Gasteiger partial charge in [-0.05, 0) is 30.2 Å². The summed E-state index contributed by atoms with van der Waals surface area (Å²) in [6.07, 6.45) is 1.67. The van der Waals surface area contributed by atoms with Crippen LogP contribution in [0.2, 0.25) is 0 Å². The maximum absolute atomic E-state index is 12.8. The Morgan fingerprint density at radius 2 is 0.935 bits per heavy atom.